The van der Waals surface area contributed by atoms with Crippen LogP contribution in [-0.4, -0.2) is 61.6 Å². The van der Waals surface area contributed by atoms with Crippen LogP contribution in [0.2, 0.25) is 0 Å². The van der Waals surface area contributed by atoms with E-state index in [2.05, 4.69) is 15.5 Å². The summed E-state index contributed by atoms with van der Waals surface area (Å²) in [5.41, 5.74) is 0.608. The van der Waals surface area contributed by atoms with Gasteiger partial charge in [-0.2, -0.15) is 0 Å². The van der Waals surface area contributed by atoms with Crippen LogP contribution >= 0.6 is 0 Å². The van der Waals surface area contributed by atoms with E-state index in [9.17, 15) is 19.7 Å². The number of carbonyl (C=O) groups is 2. The number of hydrogen-bond donors (Lipinski definition) is 2. The summed E-state index contributed by atoms with van der Waals surface area (Å²) in [6.45, 7) is 2.69. The maximum Gasteiger partial charge on any atom is 0.313 e. The third kappa shape index (κ3) is 5.77. The standard InChI is InChI=1S/C21H24N4O6/c1-30-16-6-4-5-15(13-16)19(24-9-11-31-12-10-24)14-22-20(26)21(27)23-17-7-2-3-8-18(17)25(28)29/h2-8,13,19H,9-12,14H2,1H3,(H,22,26)(H,23,27)/t19-/m0/s1. The maximum absolute atomic E-state index is 12.4. The van der Waals surface area contributed by atoms with E-state index in [-0.39, 0.29) is 24.0 Å². The number of carbonyl (C=O) groups excluding carboxylic acids is 2. The summed E-state index contributed by atoms with van der Waals surface area (Å²) in [5.74, 6) is -1.16. The van der Waals surface area contributed by atoms with Crippen molar-refractivity contribution in [2.45, 2.75) is 6.04 Å². The Bertz CT molecular complexity index is 945. The number of nitro groups is 1. The van der Waals surface area contributed by atoms with Crippen LogP contribution in [0, 0.1) is 10.1 Å². The number of nitro benzene ring substituents is 1. The molecule has 3 rings (SSSR count). The number of anilines is 1. The van der Waals surface area contributed by atoms with Crippen LogP contribution in [-0.2, 0) is 14.3 Å². The zero-order valence-corrected chi connectivity index (χ0v) is 17.1. The zero-order chi connectivity index (χ0) is 22.2. The summed E-state index contributed by atoms with van der Waals surface area (Å²) in [6, 6.07) is 13.0. The fraction of sp³-hybridized carbons (Fsp3) is 0.333. The Morgan fingerprint density at radius 2 is 1.90 bits per heavy atom. The first-order chi connectivity index (χ1) is 15.0. The number of methoxy groups -OCH3 is 1. The van der Waals surface area contributed by atoms with Crippen LogP contribution in [0.15, 0.2) is 48.5 Å². The molecule has 2 aromatic carbocycles. The summed E-state index contributed by atoms with van der Waals surface area (Å²) in [5, 5.41) is 16.0. The summed E-state index contributed by atoms with van der Waals surface area (Å²) in [6.07, 6.45) is 0. The second-order valence-corrected chi connectivity index (χ2v) is 6.88. The quantitative estimate of drug-likeness (QED) is 0.391. The van der Waals surface area contributed by atoms with Crippen molar-refractivity contribution < 1.29 is 24.0 Å². The maximum atomic E-state index is 12.4. The van der Waals surface area contributed by atoms with Crippen LogP contribution < -0.4 is 15.4 Å². The van der Waals surface area contributed by atoms with E-state index in [1.54, 1.807) is 7.11 Å². The molecule has 10 heteroatoms. The van der Waals surface area contributed by atoms with Crippen LogP contribution in [0.5, 0.6) is 5.75 Å². The number of amides is 2. The van der Waals surface area contributed by atoms with Gasteiger partial charge in [0.2, 0.25) is 0 Å². The molecule has 1 fully saturated rings. The van der Waals surface area contributed by atoms with Crippen molar-refractivity contribution in [1.29, 1.82) is 0 Å². The highest BCUT2D eigenvalue weighted by molar-refractivity contribution is 6.39. The van der Waals surface area contributed by atoms with Crippen molar-refractivity contribution >= 4 is 23.2 Å². The molecule has 1 atom stereocenters. The van der Waals surface area contributed by atoms with Gasteiger partial charge in [-0.25, -0.2) is 0 Å². The van der Waals surface area contributed by atoms with E-state index in [1.807, 2.05) is 24.3 Å². The highest BCUT2D eigenvalue weighted by Gasteiger charge is 2.25. The van der Waals surface area contributed by atoms with Gasteiger partial charge < -0.3 is 20.1 Å². The van der Waals surface area contributed by atoms with Crippen molar-refractivity contribution in [1.82, 2.24) is 10.2 Å². The molecule has 31 heavy (non-hydrogen) atoms. The second kappa shape index (κ2) is 10.5. The van der Waals surface area contributed by atoms with Gasteiger partial charge >= 0.3 is 11.8 Å². The summed E-state index contributed by atoms with van der Waals surface area (Å²) < 4.78 is 10.7. The first kappa shape index (κ1) is 22.2. The molecule has 2 N–H and O–H groups in total. The Balaban J connectivity index is 1.69. The number of nitrogens with one attached hydrogen (secondary N) is 2. The van der Waals surface area contributed by atoms with E-state index in [0.717, 1.165) is 5.56 Å². The average molecular weight is 428 g/mol. The molecular weight excluding hydrogens is 404 g/mol. The van der Waals surface area contributed by atoms with Gasteiger partial charge in [-0.15, -0.1) is 0 Å². The van der Waals surface area contributed by atoms with Gasteiger partial charge in [0.15, 0.2) is 0 Å². The van der Waals surface area contributed by atoms with Crippen molar-refractivity contribution in [3.8, 4) is 5.75 Å². The summed E-state index contributed by atoms with van der Waals surface area (Å²) in [4.78, 5) is 37.4. The Kier molecular flexibility index (Phi) is 7.52. The van der Waals surface area contributed by atoms with Gasteiger partial charge in [0.25, 0.3) is 5.69 Å². The number of ether oxygens (including phenoxy) is 2. The van der Waals surface area contributed by atoms with Crippen molar-refractivity contribution in [2.24, 2.45) is 0 Å². The largest absolute Gasteiger partial charge is 0.497 e. The highest BCUT2D eigenvalue weighted by atomic mass is 16.6. The number of nitrogens with zero attached hydrogens (tertiary/aromatic N) is 2. The molecule has 0 aliphatic carbocycles. The van der Waals surface area contributed by atoms with Crippen LogP contribution in [0.4, 0.5) is 11.4 Å². The molecule has 0 radical (unpaired) electrons. The topological polar surface area (TPSA) is 123 Å². The lowest BCUT2D eigenvalue weighted by Crippen LogP contribution is -2.45. The summed E-state index contributed by atoms with van der Waals surface area (Å²) in [7, 11) is 1.58. The molecule has 2 amide bonds. The lowest BCUT2D eigenvalue weighted by molar-refractivity contribution is -0.383. The highest BCUT2D eigenvalue weighted by Crippen LogP contribution is 2.25. The molecule has 164 valence electrons. The molecule has 1 saturated heterocycles. The minimum absolute atomic E-state index is 0.0369. The molecule has 1 aliphatic rings. The lowest BCUT2D eigenvalue weighted by atomic mass is 10.0. The zero-order valence-electron chi connectivity index (χ0n) is 17.1. The third-order valence-corrected chi connectivity index (χ3v) is 4.98. The third-order valence-electron chi connectivity index (χ3n) is 4.98. The molecular formula is C21H24N4O6. The SMILES string of the molecule is COc1cccc([C@H](CNC(=O)C(=O)Nc2ccccc2[N+](=O)[O-])N2CCOCC2)c1. The Morgan fingerprint density at radius 1 is 1.16 bits per heavy atom. The van der Waals surface area contributed by atoms with Crippen molar-refractivity contribution in [3.05, 3.63) is 64.2 Å². The van der Waals surface area contributed by atoms with E-state index in [1.165, 1.54) is 24.3 Å². The molecule has 0 unspecified atom stereocenters. The molecule has 0 bridgehead atoms. The predicted octanol–water partition coefficient (Wildman–Crippen LogP) is 1.73. The first-order valence-corrected chi connectivity index (χ1v) is 9.78. The van der Waals surface area contributed by atoms with Gasteiger partial charge in [0, 0.05) is 25.7 Å². The molecule has 0 spiro atoms. The van der Waals surface area contributed by atoms with E-state index < -0.39 is 16.7 Å². The van der Waals surface area contributed by atoms with E-state index in [4.69, 9.17) is 9.47 Å². The van der Waals surface area contributed by atoms with E-state index in [0.29, 0.717) is 32.1 Å². The number of benzene rings is 2. The molecule has 10 nitrogen and oxygen atoms in total. The van der Waals surface area contributed by atoms with Gasteiger partial charge in [0.05, 0.1) is 31.3 Å². The van der Waals surface area contributed by atoms with Crippen LogP contribution in [0.25, 0.3) is 0 Å². The van der Waals surface area contributed by atoms with Crippen molar-refractivity contribution in [2.75, 3.05) is 45.3 Å². The molecule has 0 saturated carbocycles. The van der Waals surface area contributed by atoms with E-state index >= 15 is 0 Å². The Morgan fingerprint density at radius 3 is 2.61 bits per heavy atom. The smallest absolute Gasteiger partial charge is 0.313 e. The fourth-order valence-electron chi connectivity index (χ4n) is 3.38. The molecule has 0 aromatic heterocycles. The summed E-state index contributed by atoms with van der Waals surface area (Å²) >= 11 is 0. The first-order valence-electron chi connectivity index (χ1n) is 9.78. The number of morpholine rings is 1. The van der Waals surface area contributed by atoms with Gasteiger partial charge in [0.1, 0.15) is 11.4 Å². The second-order valence-electron chi connectivity index (χ2n) is 6.88. The monoisotopic (exact) mass is 428 g/mol. The van der Waals surface area contributed by atoms with Gasteiger partial charge in [-0.1, -0.05) is 24.3 Å². The molecule has 1 heterocycles. The van der Waals surface area contributed by atoms with Crippen molar-refractivity contribution in [3.63, 3.8) is 0 Å². The van der Waals surface area contributed by atoms with Crippen LogP contribution in [0.3, 0.4) is 0 Å². The Labute approximate surface area is 179 Å². The van der Waals surface area contributed by atoms with Crippen LogP contribution in [0.1, 0.15) is 11.6 Å². The molecule has 2 aromatic rings. The minimum Gasteiger partial charge on any atom is -0.497 e. The predicted molar refractivity (Wildman–Crippen MR) is 113 cm³/mol. The fourth-order valence-corrected chi connectivity index (χ4v) is 3.38. The number of para-hydroxylation sites is 2. The number of rotatable bonds is 7. The molecule has 1 aliphatic heterocycles. The minimum atomic E-state index is -0.972. The van der Waals surface area contributed by atoms with Gasteiger partial charge in [-0.05, 0) is 23.8 Å². The normalized spacial score (nSPS) is 15.0. The van der Waals surface area contributed by atoms with Gasteiger partial charge in [-0.3, -0.25) is 24.6 Å². The lowest BCUT2D eigenvalue weighted by Gasteiger charge is -2.35. The Hall–Kier alpha value is -3.50. The average Bonchev–Trinajstić information content (AvgIpc) is 2.80. The number of hydrogen-bond acceptors (Lipinski definition) is 7.